The standard InChI is InChI=1S/C10H20N2O2/c1-8(2)6-12-5-3-4-9(7-12)11-10(13)14/h8-9,11H,3-7H2,1-2H3,(H,13,14). The fraction of sp³-hybridized carbons (Fsp3) is 0.900. The molecule has 4 heteroatoms. The lowest BCUT2D eigenvalue weighted by molar-refractivity contribution is 0.155. The first-order valence-electron chi connectivity index (χ1n) is 5.29. The minimum atomic E-state index is -0.901. The number of piperidine rings is 1. The molecule has 0 bridgehead atoms. The van der Waals surface area contributed by atoms with Gasteiger partial charge in [0.25, 0.3) is 0 Å². The highest BCUT2D eigenvalue weighted by Crippen LogP contribution is 2.11. The van der Waals surface area contributed by atoms with Crippen LogP contribution in [0.25, 0.3) is 0 Å². The van der Waals surface area contributed by atoms with E-state index in [2.05, 4.69) is 24.1 Å². The highest BCUT2D eigenvalue weighted by atomic mass is 16.4. The van der Waals surface area contributed by atoms with E-state index in [1.165, 1.54) is 0 Å². The molecule has 82 valence electrons. The molecule has 0 aromatic rings. The Balaban J connectivity index is 2.32. The van der Waals surface area contributed by atoms with E-state index in [0.717, 1.165) is 32.5 Å². The molecule has 1 fully saturated rings. The zero-order chi connectivity index (χ0) is 10.6. The Hall–Kier alpha value is -0.770. The van der Waals surface area contributed by atoms with Crippen molar-refractivity contribution in [3.05, 3.63) is 0 Å². The summed E-state index contributed by atoms with van der Waals surface area (Å²) in [4.78, 5) is 12.8. The summed E-state index contributed by atoms with van der Waals surface area (Å²) >= 11 is 0. The van der Waals surface area contributed by atoms with Gasteiger partial charge in [0, 0.05) is 19.1 Å². The Kier molecular flexibility index (Phi) is 4.20. The number of nitrogens with zero attached hydrogens (tertiary/aromatic N) is 1. The van der Waals surface area contributed by atoms with Crippen LogP contribution in [-0.4, -0.2) is 41.8 Å². The first kappa shape index (κ1) is 11.3. The molecule has 0 spiro atoms. The van der Waals surface area contributed by atoms with Crippen LogP contribution in [-0.2, 0) is 0 Å². The van der Waals surface area contributed by atoms with Gasteiger partial charge in [-0.1, -0.05) is 13.8 Å². The number of hydrogen-bond acceptors (Lipinski definition) is 2. The number of amides is 1. The third-order valence-corrected chi connectivity index (χ3v) is 2.46. The van der Waals surface area contributed by atoms with Crippen molar-refractivity contribution in [1.29, 1.82) is 0 Å². The van der Waals surface area contributed by atoms with Gasteiger partial charge in [-0.05, 0) is 25.3 Å². The maximum atomic E-state index is 10.5. The van der Waals surface area contributed by atoms with Crippen LogP contribution >= 0.6 is 0 Å². The van der Waals surface area contributed by atoms with E-state index >= 15 is 0 Å². The largest absolute Gasteiger partial charge is 0.465 e. The SMILES string of the molecule is CC(C)CN1CCCC(NC(=O)O)C1. The number of nitrogens with one attached hydrogen (secondary N) is 1. The fourth-order valence-corrected chi connectivity index (χ4v) is 2.03. The minimum Gasteiger partial charge on any atom is -0.465 e. The average molecular weight is 200 g/mol. The molecular weight excluding hydrogens is 180 g/mol. The quantitative estimate of drug-likeness (QED) is 0.723. The highest BCUT2D eigenvalue weighted by Gasteiger charge is 2.21. The molecular formula is C10H20N2O2. The van der Waals surface area contributed by atoms with Crippen molar-refractivity contribution in [1.82, 2.24) is 10.2 Å². The third-order valence-electron chi connectivity index (χ3n) is 2.46. The van der Waals surface area contributed by atoms with Gasteiger partial charge in [0.2, 0.25) is 0 Å². The van der Waals surface area contributed by atoms with Gasteiger partial charge in [0.15, 0.2) is 0 Å². The van der Waals surface area contributed by atoms with Crippen molar-refractivity contribution in [3.8, 4) is 0 Å². The van der Waals surface area contributed by atoms with Gasteiger partial charge in [-0.2, -0.15) is 0 Å². The van der Waals surface area contributed by atoms with E-state index in [1.807, 2.05) is 0 Å². The van der Waals surface area contributed by atoms with Crippen molar-refractivity contribution in [2.24, 2.45) is 5.92 Å². The predicted molar refractivity (Wildman–Crippen MR) is 55.5 cm³/mol. The summed E-state index contributed by atoms with van der Waals surface area (Å²) in [7, 11) is 0. The summed E-state index contributed by atoms with van der Waals surface area (Å²) < 4.78 is 0. The maximum absolute atomic E-state index is 10.5. The second kappa shape index (κ2) is 5.20. The Morgan fingerprint density at radius 3 is 2.93 bits per heavy atom. The van der Waals surface area contributed by atoms with Crippen LogP contribution in [0.2, 0.25) is 0 Å². The van der Waals surface area contributed by atoms with E-state index in [-0.39, 0.29) is 6.04 Å². The molecule has 0 saturated carbocycles. The summed E-state index contributed by atoms with van der Waals surface area (Å²) in [5, 5.41) is 11.2. The number of carboxylic acid groups (broad SMARTS) is 1. The topological polar surface area (TPSA) is 52.6 Å². The van der Waals surface area contributed by atoms with E-state index in [1.54, 1.807) is 0 Å². The first-order valence-corrected chi connectivity index (χ1v) is 5.29. The summed E-state index contributed by atoms with van der Waals surface area (Å²) in [5.74, 6) is 0.651. The Morgan fingerprint density at radius 1 is 1.64 bits per heavy atom. The van der Waals surface area contributed by atoms with Crippen LogP contribution in [0.1, 0.15) is 26.7 Å². The van der Waals surface area contributed by atoms with Gasteiger partial charge in [-0.3, -0.25) is 0 Å². The summed E-state index contributed by atoms with van der Waals surface area (Å²) in [6, 6.07) is 0.125. The van der Waals surface area contributed by atoms with Crippen LogP contribution in [0.5, 0.6) is 0 Å². The van der Waals surface area contributed by atoms with Crippen LogP contribution < -0.4 is 5.32 Å². The Morgan fingerprint density at radius 2 is 2.36 bits per heavy atom. The zero-order valence-electron chi connectivity index (χ0n) is 8.99. The molecule has 2 N–H and O–H groups in total. The maximum Gasteiger partial charge on any atom is 0.404 e. The van der Waals surface area contributed by atoms with Crippen molar-refractivity contribution in [2.75, 3.05) is 19.6 Å². The lowest BCUT2D eigenvalue weighted by Crippen LogP contribution is -2.48. The predicted octanol–water partition coefficient (Wildman–Crippen LogP) is 1.37. The van der Waals surface area contributed by atoms with Gasteiger partial charge in [-0.15, -0.1) is 0 Å². The van der Waals surface area contributed by atoms with E-state index in [9.17, 15) is 4.79 Å². The number of carbonyl (C=O) groups is 1. The molecule has 0 aliphatic carbocycles. The number of likely N-dealkylation sites (tertiary alicyclic amines) is 1. The van der Waals surface area contributed by atoms with E-state index in [4.69, 9.17) is 5.11 Å². The van der Waals surface area contributed by atoms with Crippen molar-refractivity contribution in [2.45, 2.75) is 32.7 Å². The molecule has 0 aromatic carbocycles. The molecule has 1 unspecified atom stereocenters. The van der Waals surface area contributed by atoms with Crippen molar-refractivity contribution in [3.63, 3.8) is 0 Å². The molecule has 1 saturated heterocycles. The summed E-state index contributed by atoms with van der Waals surface area (Å²) in [5.41, 5.74) is 0. The van der Waals surface area contributed by atoms with E-state index < -0.39 is 6.09 Å². The molecule has 1 aliphatic rings. The van der Waals surface area contributed by atoms with Gasteiger partial charge < -0.3 is 15.3 Å². The molecule has 0 aromatic heterocycles. The zero-order valence-corrected chi connectivity index (χ0v) is 8.99. The summed E-state index contributed by atoms with van der Waals surface area (Å²) in [6.07, 6.45) is 1.17. The minimum absolute atomic E-state index is 0.125. The number of hydrogen-bond donors (Lipinski definition) is 2. The van der Waals surface area contributed by atoms with Gasteiger partial charge in [0.1, 0.15) is 0 Å². The van der Waals surface area contributed by atoms with Crippen LogP contribution in [0.15, 0.2) is 0 Å². The van der Waals surface area contributed by atoms with E-state index in [0.29, 0.717) is 5.92 Å². The molecule has 0 radical (unpaired) electrons. The van der Waals surface area contributed by atoms with Gasteiger partial charge in [-0.25, -0.2) is 4.79 Å². The molecule has 1 rings (SSSR count). The van der Waals surface area contributed by atoms with Crippen LogP contribution in [0.3, 0.4) is 0 Å². The Labute approximate surface area is 85.3 Å². The molecule has 1 atom stereocenters. The normalized spacial score (nSPS) is 23.8. The fourth-order valence-electron chi connectivity index (χ4n) is 2.03. The number of rotatable bonds is 3. The smallest absolute Gasteiger partial charge is 0.404 e. The van der Waals surface area contributed by atoms with Crippen LogP contribution in [0, 0.1) is 5.92 Å². The molecule has 1 amide bonds. The second-order valence-electron chi connectivity index (χ2n) is 4.44. The lowest BCUT2D eigenvalue weighted by atomic mass is 10.0. The first-order chi connectivity index (χ1) is 6.58. The second-order valence-corrected chi connectivity index (χ2v) is 4.44. The third kappa shape index (κ3) is 3.96. The average Bonchev–Trinajstić information content (AvgIpc) is 2.01. The molecule has 14 heavy (non-hydrogen) atoms. The van der Waals surface area contributed by atoms with Crippen molar-refractivity contribution < 1.29 is 9.90 Å². The molecule has 1 heterocycles. The van der Waals surface area contributed by atoms with Crippen LogP contribution in [0.4, 0.5) is 4.79 Å². The highest BCUT2D eigenvalue weighted by molar-refractivity contribution is 5.64. The lowest BCUT2D eigenvalue weighted by Gasteiger charge is -2.33. The monoisotopic (exact) mass is 200 g/mol. The van der Waals surface area contributed by atoms with Crippen molar-refractivity contribution >= 4 is 6.09 Å². The van der Waals surface area contributed by atoms with Gasteiger partial charge >= 0.3 is 6.09 Å². The van der Waals surface area contributed by atoms with Gasteiger partial charge in [0.05, 0.1) is 0 Å². The Bertz CT molecular complexity index is 195. The molecule has 1 aliphatic heterocycles. The molecule has 4 nitrogen and oxygen atoms in total. The summed E-state index contributed by atoms with van der Waals surface area (Å²) in [6.45, 7) is 7.42.